The van der Waals surface area contributed by atoms with E-state index in [1.54, 1.807) is 0 Å². The van der Waals surface area contributed by atoms with Crippen molar-refractivity contribution in [3.63, 3.8) is 0 Å². The Labute approximate surface area is 121 Å². The molecule has 0 saturated carbocycles. The van der Waals surface area contributed by atoms with Crippen LogP contribution in [-0.4, -0.2) is 11.1 Å². The SMILES string of the molecule is C[C@@H](c1ccccc1)C(Br)(C(=O)O)c1ccccc1. The zero-order chi connectivity index (χ0) is 13.9. The lowest BCUT2D eigenvalue weighted by Crippen LogP contribution is -2.34. The van der Waals surface area contributed by atoms with Crippen LogP contribution >= 0.6 is 15.9 Å². The van der Waals surface area contributed by atoms with Gasteiger partial charge < -0.3 is 5.11 Å². The fourth-order valence-electron chi connectivity index (χ4n) is 2.21. The number of benzene rings is 2. The summed E-state index contributed by atoms with van der Waals surface area (Å²) >= 11 is 3.46. The van der Waals surface area contributed by atoms with Gasteiger partial charge in [0.25, 0.3) is 0 Å². The minimum atomic E-state index is -1.12. The predicted molar refractivity (Wildman–Crippen MR) is 79.5 cm³/mol. The monoisotopic (exact) mass is 318 g/mol. The Hall–Kier alpha value is -1.61. The molecule has 2 atom stereocenters. The molecule has 0 aromatic heterocycles. The summed E-state index contributed by atoms with van der Waals surface area (Å²) in [7, 11) is 0. The van der Waals surface area contributed by atoms with Gasteiger partial charge in [0.15, 0.2) is 4.32 Å². The Kier molecular flexibility index (Phi) is 4.05. The van der Waals surface area contributed by atoms with Gasteiger partial charge in [-0.25, -0.2) is 0 Å². The Morgan fingerprint density at radius 3 is 2.00 bits per heavy atom. The highest BCUT2D eigenvalue weighted by Crippen LogP contribution is 2.44. The quantitative estimate of drug-likeness (QED) is 0.859. The van der Waals surface area contributed by atoms with E-state index in [1.807, 2.05) is 67.6 Å². The van der Waals surface area contributed by atoms with E-state index in [9.17, 15) is 9.90 Å². The number of aliphatic carboxylic acids is 1. The van der Waals surface area contributed by atoms with Gasteiger partial charge in [-0.05, 0) is 11.1 Å². The maximum Gasteiger partial charge on any atom is 0.325 e. The number of alkyl halides is 1. The lowest BCUT2D eigenvalue weighted by molar-refractivity contribution is -0.140. The first-order valence-corrected chi connectivity index (χ1v) is 6.89. The van der Waals surface area contributed by atoms with Gasteiger partial charge in [-0.3, -0.25) is 4.79 Å². The topological polar surface area (TPSA) is 37.3 Å². The standard InChI is InChI=1S/C16H15BrO2/c1-12(13-8-4-2-5-9-13)16(17,15(18)19)14-10-6-3-7-11-14/h2-12H,1H3,(H,18,19)/t12-,16?/m0/s1. The predicted octanol–water partition coefficient (Wildman–Crippen LogP) is 4.17. The summed E-state index contributed by atoms with van der Waals surface area (Å²) in [6, 6.07) is 18.9. The highest BCUT2D eigenvalue weighted by molar-refractivity contribution is 9.10. The molecule has 98 valence electrons. The molecule has 19 heavy (non-hydrogen) atoms. The van der Waals surface area contributed by atoms with E-state index in [4.69, 9.17) is 0 Å². The molecule has 1 unspecified atom stereocenters. The van der Waals surface area contributed by atoms with E-state index in [-0.39, 0.29) is 5.92 Å². The van der Waals surface area contributed by atoms with E-state index in [1.165, 1.54) is 0 Å². The third-order valence-electron chi connectivity index (χ3n) is 3.40. The van der Waals surface area contributed by atoms with Crippen LogP contribution in [0.25, 0.3) is 0 Å². The molecule has 0 aliphatic rings. The molecular weight excluding hydrogens is 304 g/mol. The van der Waals surface area contributed by atoms with Gasteiger partial charge in [0.1, 0.15) is 0 Å². The van der Waals surface area contributed by atoms with Crippen LogP contribution in [0, 0.1) is 0 Å². The van der Waals surface area contributed by atoms with Gasteiger partial charge in [-0.1, -0.05) is 83.5 Å². The van der Waals surface area contributed by atoms with Crippen LogP contribution in [0.15, 0.2) is 60.7 Å². The molecule has 2 aromatic carbocycles. The number of carboxylic acid groups (broad SMARTS) is 1. The fraction of sp³-hybridized carbons (Fsp3) is 0.188. The average molecular weight is 319 g/mol. The number of carbonyl (C=O) groups is 1. The van der Waals surface area contributed by atoms with Gasteiger partial charge in [0, 0.05) is 5.92 Å². The molecule has 0 fully saturated rings. The molecule has 0 spiro atoms. The third kappa shape index (κ3) is 2.56. The van der Waals surface area contributed by atoms with Crippen LogP contribution in [0.1, 0.15) is 24.0 Å². The molecule has 2 aromatic rings. The summed E-state index contributed by atoms with van der Waals surface area (Å²) in [5.41, 5.74) is 1.74. The minimum Gasteiger partial charge on any atom is -0.480 e. The molecule has 3 heteroatoms. The van der Waals surface area contributed by atoms with Crippen molar-refractivity contribution in [2.45, 2.75) is 17.2 Å². The van der Waals surface area contributed by atoms with Crippen LogP contribution in [0.5, 0.6) is 0 Å². The number of rotatable bonds is 4. The molecule has 0 aliphatic carbocycles. The fourth-order valence-corrected chi connectivity index (χ4v) is 2.74. The van der Waals surface area contributed by atoms with E-state index >= 15 is 0 Å². The second kappa shape index (κ2) is 5.57. The molecule has 0 bridgehead atoms. The van der Waals surface area contributed by atoms with Crippen LogP contribution in [0.4, 0.5) is 0 Å². The second-order valence-corrected chi connectivity index (χ2v) is 5.77. The van der Waals surface area contributed by atoms with Gasteiger partial charge in [0.2, 0.25) is 0 Å². The maximum absolute atomic E-state index is 11.8. The van der Waals surface area contributed by atoms with E-state index < -0.39 is 10.3 Å². The summed E-state index contributed by atoms with van der Waals surface area (Å²) in [5.74, 6) is -1.07. The number of hydrogen-bond acceptors (Lipinski definition) is 1. The van der Waals surface area contributed by atoms with Crippen LogP contribution in [0.3, 0.4) is 0 Å². The summed E-state index contributed by atoms with van der Waals surface area (Å²) in [4.78, 5) is 11.8. The molecule has 0 heterocycles. The van der Waals surface area contributed by atoms with Crippen molar-refractivity contribution in [1.29, 1.82) is 0 Å². The van der Waals surface area contributed by atoms with Crippen LogP contribution in [0.2, 0.25) is 0 Å². The second-order valence-electron chi connectivity index (χ2n) is 4.52. The van der Waals surface area contributed by atoms with Crippen molar-refractivity contribution >= 4 is 21.9 Å². The summed E-state index contributed by atoms with van der Waals surface area (Å²) < 4.78 is -1.12. The van der Waals surface area contributed by atoms with Crippen molar-refractivity contribution in [3.8, 4) is 0 Å². The number of halogens is 1. The zero-order valence-electron chi connectivity index (χ0n) is 10.6. The van der Waals surface area contributed by atoms with Crippen molar-refractivity contribution in [2.24, 2.45) is 0 Å². The first-order chi connectivity index (χ1) is 9.06. The Bertz CT molecular complexity index is 553. The summed E-state index contributed by atoms with van der Waals surface area (Å²) in [5, 5.41) is 9.67. The number of carboxylic acids is 1. The van der Waals surface area contributed by atoms with Gasteiger partial charge in [-0.15, -0.1) is 0 Å². The Balaban J connectivity index is 2.49. The van der Waals surface area contributed by atoms with Gasteiger partial charge in [0.05, 0.1) is 0 Å². The highest BCUT2D eigenvalue weighted by atomic mass is 79.9. The number of hydrogen-bond donors (Lipinski definition) is 1. The van der Waals surface area contributed by atoms with Crippen molar-refractivity contribution in [2.75, 3.05) is 0 Å². The van der Waals surface area contributed by atoms with E-state index in [0.717, 1.165) is 11.1 Å². The van der Waals surface area contributed by atoms with Crippen LogP contribution in [-0.2, 0) is 9.12 Å². The van der Waals surface area contributed by atoms with E-state index in [0.29, 0.717) is 0 Å². The minimum absolute atomic E-state index is 0.186. The Morgan fingerprint density at radius 1 is 1.05 bits per heavy atom. The zero-order valence-corrected chi connectivity index (χ0v) is 12.2. The average Bonchev–Trinajstić information content (AvgIpc) is 2.47. The highest BCUT2D eigenvalue weighted by Gasteiger charge is 2.43. The first kappa shape index (κ1) is 13.8. The normalized spacial score (nSPS) is 15.5. The van der Waals surface area contributed by atoms with Crippen LogP contribution < -0.4 is 0 Å². The molecular formula is C16H15BrO2. The van der Waals surface area contributed by atoms with Crippen molar-refractivity contribution < 1.29 is 9.90 Å². The lowest BCUT2D eigenvalue weighted by atomic mass is 9.82. The molecule has 0 amide bonds. The van der Waals surface area contributed by atoms with Crippen molar-refractivity contribution in [3.05, 3.63) is 71.8 Å². The summed E-state index contributed by atoms with van der Waals surface area (Å²) in [6.45, 7) is 1.92. The first-order valence-electron chi connectivity index (χ1n) is 6.09. The molecule has 2 nitrogen and oxygen atoms in total. The lowest BCUT2D eigenvalue weighted by Gasteiger charge is -2.30. The molecule has 0 radical (unpaired) electrons. The van der Waals surface area contributed by atoms with E-state index in [2.05, 4.69) is 15.9 Å². The third-order valence-corrected chi connectivity index (χ3v) is 4.89. The smallest absolute Gasteiger partial charge is 0.325 e. The summed E-state index contributed by atoms with van der Waals surface area (Å²) in [6.07, 6.45) is 0. The Morgan fingerprint density at radius 2 is 1.53 bits per heavy atom. The molecule has 0 saturated heterocycles. The van der Waals surface area contributed by atoms with Gasteiger partial charge >= 0.3 is 5.97 Å². The molecule has 0 aliphatic heterocycles. The largest absolute Gasteiger partial charge is 0.480 e. The van der Waals surface area contributed by atoms with Crippen molar-refractivity contribution in [1.82, 2.24) is 0 Å². The maximum atomic E-state index is 11.8. The molecule has 2 rings (SSSR count). The molecule has 1 N–H and O–H groups in total. The van der Waals surface area contributed by atoms with Gasteiger partial charge in [-0.2, -0.15) is 0 Å².